The summed E-state index contributed by atoms with van der Waals surface area (Å²) < 4.78 is 5.39. The summed E-state index contributed by atoms with van der Waals surface area (Å²) in [5.41, 5.74) is 4.29. The molecule has 3 aliphatic heterocycles. The third-order valence-electron chi connectivity index (χ3n) is 10.3. The SMILES string of the molecule is CN(C1CCNCC1)C1CCN(c2ccc(NC(=O)Nc3cc(C(C)(C)C)ccc3NCC(=O)N3CCOCC3)c3ccccc23)CC1. The number of fused-ring (bicyclic) bond motifs is 1. The van der Waals surface area contributed by atoms with Crippen LogP contribution in [0.4, 0.5) is 27.5 Å². The van der Waals surface area contributed by atoms with Gasteiger partial charge in [0, 0.05) is 54.7 Å². The molecule has 0 aliphatic carbocycles. The van der Waals surface area contributed by atoms with Gasteiger partial charge in [-0.2, -0.15) is 0 Å². The Kier molecular flexibility index (Phi) is 10.7. The molecule has 3 amide bonds. The summed E-state index contributed by atoms with van der Waals surface area (Å²) in [4.78, 5) is 33.4. The fourth-order valence-electron chi connectivity index (χ4n) is 7.33. The third-order valence-corrected chi connectivity index (χ3v) is 10.3. The number of piperidine rings is 2. The van der Waals surface area contributed by atoms with E-state index in [0.717, 1.165) is 61.0 Å². The van der Waals surface area contributed by atoms with Gasteiger partial charge in [0.05, 0.1) is 36.8 Å². The Morgan fingerprint density at radius 3 is 2.19 bits per heavy atom. The number of carbonyl (C=O) groups is 2. The first-order valence-electron chi connectivity index (χ1n) is 17.7. The van der Waals surface area contributed by atoms with Gasteiger partial charge in [-0.3, -0.25) is 4.79 Å². The van der Waals surface area contributed by atoms with Crippen molar-refractivity contribution in [2.45, 2.75) is 64.0 Å². The molecule has 0 spiro atoms. The van der Waals surface area contributed by atoms with Gasteiger partial charge in [-0.05, 0) is 81.1 Å². The summed E-state index contributed by atoms with van der Waals surface area (Å²) in [6, 6.07) is 19.5. The highest BCUT2D eigenvalue weighted by Crippen LogP contribution is 2.35. The number of benzene rings is 3. The highest BCUT2D eigenvalue weighted by molar-refractivity contribution is 6.10. The Morgan fingerprint density at radius 1 is 0.833 bits per heavy atom. The molecular formula is C38H53N7O3. The van der Waals surface area contributed by atoms with Crippen molar-refractivity contribution in [1.82, 2.24) is 15.1 Å². The number of nitrogens with zero attached hydrogens (tertiary/aromatic N) is 3. The van der Waals surface area contributed by atoms with Gasteiger partial charge < -0.3 is 40.7 Å². The number of urea groups is 1. The number of carbonyl (C=O) groups excluding carboxylic acids is 2. The molecule has 4 N–H and O–H groups in total. The monoisotopic (exact) mass is 655 g/mol. The molecular weight excluding hydrogens is 602 g/mol. The van der Waals surface area contributed by atoms with Crippen molar-refractivity contribution in [2.75, 3.05) is 86.9 Å². The van der Waals surface area contributed by atoms with Gasteiger partial charge in [0.25, 0.3) is 0 Å². The number of ether oxygens (including phenoxy) is 1. The molecule has 0 saturated carbocycles. The van der Waals surface area contributed by atoms with Gasteiger partial charge in [-0.15, -0.1) is 0 Å². The van der Waals surface area contributed by atoms with Crippen LogP contribution in [0.25, 0.3) is 10.8 Å². The van der Waals surface area contributed by atoms with Crippen LogP contribution >= 0.6 is 0 Å². The Morgan fingerprint density at radius 2 is 1.48 bits per heavy atom. The second-order valence-electron chi connectivity index (χ2n) is 14.5. The van der Waals surface area contributed by atoms with Gasteiger partial charge in [-0.25, -0.2) is 4.79 Å². The Bertz CT molecular complexity index is 1570. The van der Waals surface area contributed by atoms with E-state index in [1.54, 1.807) is 0 Å². The van der Waals surface area contributed by atoms with Crippen LogP contribution in [0.3, 0.4) is 0 Å². The first-order valence-corrected chi connectivity index (χ1v) is 17.7. The second-order valence-corrected chi connectivity index (χ2v) is 14.5. The number of anilines is 4. The minimum absolute atomic E-state index is 0.0122. The van der Waals surface area contributed by atoms with Crippen molar-refractivity contribution in [3.8, 4) is 0 Å². The molecule has 3 aromatic rings. The number of hydrogen-bond acceptors (Lipinski definition) is 7. The van der Waals surface area contributed by atoms with E-state index in [-0.39, 0.29) is 23.9 Å². The molecule has 10 nitrogen and oxygen atoms in total. The van der Waals surface area contributed by atoms with E-state index in [1.807, 2.05) is 35.2 Å². The standard InChI is InChI=1S/C38H53N7O3/c1-38(2,3)27-9-10-33(40-26-36(46)45-21-23-48-24-22-45)34(25-27)42-37(47)41-32-11-12-35(31-8-6-5-7-30(31)32)44-19-15-29(16-20-44)43(4)28-13-17-39-18-14-28/h5-12,25,28-29,39-40H,13-24,26H2,1-4H3,(H2,41,42,47). The quantitative estimate of drug-likeness (QED) is 0.247. The van der Waals surface area contributed by atoms with Crippen molar-refractivity contribution in [3.63, 3.8) is 0 Å². The Labute approximate surface area is 285 Å². The molecule has 3 aromatic carbocycles. The zero-order chi connectivity index (χ0) is 33.7. The largest absolute Gasteiger partial charge is 0.378 e. The summed E-state index contributed by atoms with van der Waals surface area (Å²) in [6.45, 7) is 13.2. The number of hydrogen-bond donors (Lipinski definition) is 4. The normalized spacial score (nSPS) is 18.3. The van der Waals surface area contributed by atoms with Crippen LogP contribution in [0.1, 0.15) is 52.0 Å². The van der Waals surface area contributed by atoms with E-state index in [9.17, 15) is 9.59 Å². The average Bonchev–Trinajstić information content (AvgIpc) is 3.11. The van der Waals surface area contributed by atoms with E-state index >= 15 is 0 Å². The van der Waals surface area contributed by atoms with E-state index in [2.05, 4.69) is 83.2 Å². The van der Waals surface area contributed by atoms with Crippen LogP contribution in [-0.2, 0) is 14.9 Å². The minimum atomic E-state index is -0.330. The van der Waals surface area contributed by atoms with Gasteiger partial charge in [0.2, 0.25) is 5.91 Å². The van der Waals surface area contributed by atoms with Crippen LogP contribution in [0.2, 0.25) is 0 Å². The van der Waals surface area contributed by atoms with Gasteiger partial charge in [0.1, 0.15) is 0 Å². The summed E-state index contributed by atoms with van der Waals surface area (Å²) in [5, 5.41) is 15.1. The second kappa shape index (κ2) is 15.1. The van der Waals surface area contributed by atoms with Crippen molar-refractivity contribution < 1.29 is 14.3 Å². The lowest BCUT2D eigenvalue weighted by Gasteiger charge is -2.42. The summed E-state index contributed by atoms with van der Waals surface area (Å²) in [5.74, 6) is 0.0122. The Hall–Kier alpha value is -3.86. The predicted octanol–water partition coefficient (Wildman–Crippen LogP) is 5.70. The maximum atomic E-state index is 13.6. The van der Waals surface area contributed by atoms with E-state index < -0.39 is 0 Å². The first kappa shape index (κ1) is 34.0. The molecule has 10 heteroatoms. The van der Waals surface area contributed by atoms with Crippen molar-refractivity contribution in [1.29, 1.82) is 0 Å². The Balaban J connectivity index is 1.14. The van der Waals surface area contributed by atoms with Crippen molar-refractivity contribution >= 4 is 45.5 Å². The lowest BCUT2D eigenvalue weighted by molar-refractivity contribution is -0.133. The first-order chi connectivity index (χ1) is 23.2. The molecule has 3 saturated heterocycles. The zero-order valence-electron chi connectivity index (χ0n) is 29.1. The van der Waals surface area contributed by atoms with Crippen LogP contribution in [0.5, 0.6) is 0 Å². The molecule has 258 valence electrons. The van der Waals surface area contributed by atoms with Crippen molar-refractivity contribution in [3.05, 3.63) is 60.2 Å². The highest BCUT2D eigenvalue weighted by atomic mass is 16.5. The smallest absolute Gasteiger partial charge is 0.323 e. The van der Waals surface area contributed by atoms with Gasteiger partial charge in [0.15, 0.2) is 0 Å². The molecule has 0 aromatic heterocycles. The van der Waals surface area contributed by atoms with Gasteiger partial charge >= 0.3 is 6.03 Å². The molecule has 3 aliphatic rings. The predicted molar refractivity (Wildman–Crippen MR) is 197 cm³/mol. The minimum Gasteiger partial charge on any atom is -0.378 e. The summed E-state index contributed by atoms with van der Waals surface area (Å²) in [7, 11) is 2.32. The van der Waals surface area contributed by atoms with Crippen LogP contribution < -0.4 is 26.2 Å². The molecule has 6 rings (SSSR count). The number of morpholine rings is 1. The highest BCUT2D eigenvalue weighted by Gasteiger charge is 2.29. The summed E-state index contributed by atoms with van der Waals surface area (Å²) >= 11 is 0. The summed E-state index contributed by atoms with van der Waals surface area (Å²) in [6.07, 6.45) is 4.77. The topological polar surface area (TPSA) is 101 Å². The van der Waals surface area contributed by atoms with Gasteiger partial charge in [-0.1, -0.05) is 51.1 Å². The molecule has 3 fully saturated rings. The number of rotatable bonds is 8. The van der Waals surface area contributed by atoms with Crippen LogP contribution in [-0.4, -0.2) is 99.9 Å². The van der Waals surface area contributed by atoms with Crippen LogP contribution in [0.15, 0.2) is 54.6 Å². The molecule has 3 heterocycles. The molecule has 0 radical (unpaired) electrons. The maximum absolute atomic E-state index is 13.6. The van der Waals surface area contributed by atoms with E-state index in [1.165, 1.54) is 18.5 Å². The maximum Gasteiger partial charge on any atom is 0.323 e. The lowest BCUT2D eigenvalue weighted by atomic mass is 9.86. The van der Waals surface area contributed by atoms with E-state index in [4.69, 9.17) is 4.74 Å². The average molecular weight is 656 g/mol. The molecule has 48 heavy (non-hydrogen) atoms. The molecule has 0 atom stereocenters. The lowest BCUT2D eigenvalue weighted by Crippen LogP contribution is -2.50. The van der Waals surface area contributed by atoms with Crippen LogP contribution in [0, 0.1) is 0 Å². The number of nitrogens with one attached hydrogen (secondary N) is 4. The zero-order valence-corrected chi connectivity index (χ0v) is 29.1. The number of amides is 3. The fraction of sp³-hybridized carbons (Fsp3) is 0.526. The fourth-order valence-corrected chi connectivity index (χ4v) is 7.33. The van der Waals surface area contributed by atoms with E-state index in [0.29, 0.717) is 49.8 Å². The molecule has 0 bridgehead atoms. The third kappa shape index (κ3) is 8.05. The van der Waals surface area contributed by atoms with Crippen molar-refractivity contribution in [2.24, 2.45) is 0 Å². The molecule has 0 unspecified atom stereocenters.